The molecule has 150 valence electrons. The van der Waals surface area contributed by atoms with Gasteiger partial charge in [0.1, 0.15) is 16.9 Å². The summed E-state index contributed by atoms with van der Waals surface area (Å²) in [5, 5.41) is 2.94. The number of hydrogen-bond acceptors (Lipinski definition) is 5. The second-order valence-corrected chi connectivity index (χ2v) is 7.68. The van der Waals surface area contributed by atoms with Crippen LogP contribution >= 0.6 is 0 Å². The van der Waals surface area contributed by atoms with Gasteiger partial charge in [0.05, 0.1) is 17.1 Å². The van der Waals surface area contributed by atoms with Crippen LogP contribution in [0, 0.1) is 5.92 Å². The lowest BCUT2D eigenvalue weighted by molar-refractivity contribution is 0.0757. The van der Waals surface area contributed by atoms with E-state index in [0.29, 0.717) is 48.2 Å². The van der Waals surface area contributed by atoms with E-state index in [1.807, 2.05) is 42.7 Å². The topological polar surface area (TPSA) is 95.1 Å². The Morgan fingerprint density at radius 2 is 1.86 bits per heavy atom. The number of hydrogen-bond donors (Lipinski definition) is 2. The number of amides is 1. The van der Waals surface area contributed by atoms with Crippen molar-refractivity contribution >= 4 is 33.9 Å². The monoisotopic (exact) mass is 383 g/mol. The van der Waals surface area contributed by atoms with Crippen LogP contribution in [0.4, 0.5) is 5.82 Å². The van der Waals surface area contributed by atoms with E-state index in [0.717, 1.165) is 17.5 Å². The van der Waals surface area contributed by atoms with E-state index in [9.17, 15) is 4.79 Å². The van der Waals surface area contributed by atoms with Crippen molar-refractivity contribution in [3.05, 3.63) is 29.8 Å². The number of nitrogens with two attached hydrogens (primary N) is 1. The summed E-state index contributed by atoms with van der Waals surface area (Å²) >= 11 is 0. The van der Waals surface area contributed by atoms with E-state index in [1.54, 1.807) is 0 Å². The fourth-order valence-electron chi connectivity index (χ4n) is 3.17. The fourth-order valence-corrected chi connectivity index (χ4v) is 3.17. The number of benzene rings is 1. The highest BCUT2D eigenvalue weighted by molar-refractivity contribution is 6.10. The van der Waals surface area contributed by atoms with Gasteiger partial charge in [-0.05, 0) is 38.3 Å². The summed E-state index contributed by atoms with van der Waals surface area (Å²) in [6.45, 7) is 9.99. The van der Waals surface area contributed by atoms with Crippen molar-refractivity contribution in [1.82, 2.24) is 19.9 Å². The van der Waals surface area contributed by atoms with Crippen molar-refractivity contribution < 1.29 is 9.53 Å². The predicted octanol–water partition coefficient (Wildman–Crippen LogP) is 3.37. The van der Waals surface area contributed by atoms with Crippen molar-refractivity contribution in [2.24, 2.45) is 5.92 Å². The van der Waals surface area contributed by atoms with Crippen molar-refractivity contribution in [3.8, 4) is 0 Å². The second-order valence-electron chi connectivity index (χ2n) is 7.68. The van der Waals surface area contributed by atoms with Gasteiger partial charge < -0.3 is 20.4 Å². The molecule has 7 nitrogen and oxygen atoms in total. The molecule has 3 aromatic rings. The molecular formula is C21H29N5O2. The van der Waals surface area contributed by atoms with E-state index in [-0.39, 0.29) is 12.0 Å². The number of carbonyl (C=O) groups excluding carboxylic acids is 1. The smallest absolute Gasteiger partial charge is 0.257 e. The van der Waals surface area contributed by atoms with Crippen molar-refractivity contribution in [3.63, 3.8) is 0 Å². The molecule has 3 rings (SSSR count). The van der Waals surface area contributed by atoms with Crippen LogP contribution in [0.3, 0.4) is 0 Å². The van der Waals surface area contributed by atoms with Crippen molar-refractivity contribution in [2.45, 2.75) is 46.8 Å². The Kier molecular flexibility index (Phi) is 6.14. The van der Waals surface area contributed by atoms with E-state index in [4.69, 9.17) is 20.4 Å². The normalized spacial score (nSPS) is 11.8. The quantitative estimate of drug-likeness (QED) is 0.582. The molecule has 2 aromatic heterocycles. The highest BCUT2D eigenvalue weighted by atomic mass is 16.5. The number of ether oxygens (including phenoxy) is 1. The third-order valence-corrected chi connectivity index (χ3v) is 4.42. The van der Waals surface area contributed by atoms with Crippen LogP contribution in [0.5, 0.6) is 0 Å². The van der Waals surface area contributed by atoms with Crippen molar-refractivity contribution in [1.29, 1.82) is 0 Å². The van der Waals surface area contributed by atoms with Crippen LogP contribution in [0.15, 0.2) is 24.3 Å². The molecule has 0 radical (unpaired) electrons. The molecular weight excluding hydrogens is 354 g/mol. The number of aromatic nitrogens is 3. The van der Waals surface area contributed by atoms with Gasteiger partial charge in [-0.1, -0.05) is 26.0 Å². The lowest BCUT2D eigenvalue weighted by Gasteiger charge is -2.10. The molecule has 0 aliphatic heterocycles. The van der Waals surface area contributed by atoms with Crippen LogP contribution in [0.1, 0.15) is 44.5 Å². The Labute approximate surface area is 165 Å². The van der Waals surface area contributed by atoms with Gasteiger partial charge in [0, 0.05) is 19.7 Å². The highest BCUT2D eigenvalue weighted by Crippen LogP contribution is 2.28. The Balaban J connectivity index is 1.95. The van der Waals surface area contributed by atoms with Gasteiger partial charge in [0.2, 0.25) is 0 Å². The van der Waals surface area contributed by atoms with Gasteiger partial charge in [0.15, 0.2) is 5.65 Å². The molecule has 1 aromatic carbocycles. The maximum absolute atomic E-state index is 12.9. The van der Waals surface area contributed by atoms with Gasteiger partial charge in [-0.15, -0.1) is 0 Å². The van der Waals surface area contributed by atoms with Gasteiger partial charge in [0.25, 0.3) is 5.91 Å². The summed E-state index contributed by atoms with van der Waals surface area (Å²) in [6.07, 6.45) is 0.923. The first-order valence-corrected chi connectivity index (χ1v) is 9.82. The lowest BCUT2D eigenvalue weighted by atomic mass is 10.2. The molecule has 0 saturated carbocycles. The molecule has 0 fully saturated rings. The van der Waals surface area contributed by atoms with Crippen LogP contribution in [-0.4, -0.2) is 39.7 Å². The fraction of sp³-hybridized carbons (Fsp3) is 0.476. The summed E-state index contributed by atoms with van der Waals surface area (Å²) in [6, 6.07) is 7.64. The first kappa shape index (κ1) is 20.1. The molecule has 0 bridgehead atoms. The Bertz CT molecular complexity index is 978. The molecule has 0 atom stereocenters. The number of carbonyl (C=O) groups is 1. The summed E-state index contributed by atoms with van der Waals surface area (Å²) < 4.78 is 7.42. The molecule has 7 heteroatoms. The summed E-state index contributed by atoms with van der Waals surface area (Å²) in [7, 11) is 0. The maximum Gasteiger partial charge on any atom is 0.257 e. The molecule has 0 aliphatic rings. The standard InChI is InChI=1S/C21H29N5O2/c1-13(2)12-26-19(22)17(21(27)23-10-7-11-28-14(3)4)18-20(26)25-16-9-6-5-8-15(16)24-18/h5-6,8-9,13-14H,7,10-12,22H2,1-4H3,(H,23,27). The van der Waals surface area contributed by atoms with Crippen LogP contribution in [0.25, 0.3) is 22.2 Å². The summed E-state index contributed by atoms with van der Waals surface area (Å²) in [5.74, 6) is 0.546. The summed E-state index contributed by atoms with van der Waals surface area (Å²) in [5.41, 5.74) is 9.53. The average Bonchev–Trinajstić information content (AvgIpc) is 2.90. The zero-order chi connectivity index (χ0) is 20.3. The van der Waals surface area contributed by atoms with Gasteiger partial charge >= 0.3 is 0 Å². The molecule has 0 aliphatic carbocycles. The first-order chi connectivity index (χ1) is 13.4. The number of para-hydroxylation sites is 2. The van der Waals surface area contributed by atoms with Crippen LogP contribution in [-0.2, 0) is 11.3 Å². The van der Waals surface area contributed by atoms with Crippen LogP contribution in [0.2, 0.25) is 0 Å². The van der Waals surface area contributed by atoms with Gasteiger partial charge in [-0.2, -0.15) is 0 Å². The van der Waals surface area contributed by atoms with E-state index >= 15 is 0 Å². The molecule has 2 heterocycles. The molecule has 0 unspecified atom stereocenters. The zero-order valence-electron chi connectivity index (χ0n) is 17.0. The number of anilines is 1. The minimum Gasteiger partial charge on any atom is -0.384 e. The van der Waals surface area contributed by atoms with E-state index < -0.39 is 0 Å². The Hall–Kier alpha value is -2.67. The molecule has 0 saturated heterocycles. The first-order valence-electron chi connectivity index (χ1n) is 9.82. The average molecular weight is 383 g/mol. The van der Waals surface area contributed by atoms with Gasteiger partial charge in [-0.25, -0.2) is 9.97 Å². The molecule has 28 heavy (non-hydrogen) atoms. The maximum atomic E-state index is 12.9. The van der Waals surface area contributed by atoms with Gasteiger partial charge in [-0.3, -0.25) is 4.79 Å². The minimum atomic E-state index is -0.223. The number of nitrogen functional groups attached to an aromatic ring is 1. The minimum absolute atomic E-state index is 0.184. The molecule has 0 spiro atoms. The third kappa shape index (κ3) is 4.25. The van der Waals surface area contributed by atoms with Crippen molar-refractivity contribution in [2.75, 3.05) is 18.9 Å². The largest absolute Gasteiger partial charge is 0.384 e. The SMILES string of the molecule is CC(C)Cn1c(N)c(C(=O)NCCCOC(C)C)c2nc3ccccc3nc21. The third-order valence-electron chi connectivity index (χ3n) is 4.42. The van der Waals surface area contributed by atoms with E-state index in [1.165, 1.54) is 0 Å². The number of nitrogens with zero attached hydrogens (tertiary/aromatic N) is 3. The zero-order valence-corrected chi connectivity index (χ0v) is 17.0. The lowest BCUT2D eigenvalue weighted by Crippen LogP contribution is -2.26. The Morgan fingerprint density at radius 1 is 1.18 bits per heavy atom. The predicted molar refractivity (Wildman–Crippen MR) is 112 cm³/mol. The number of rotatable bonds is 8. The van der Waals surface area contributed by atoms with Crippen LogP contribution < -0.4 is 11.1 Å². The number of nitrogens with one attached hydrogen (secondary N) is 1. The highest BCUT2D eigenvalue weighted by Gasteiger charge is 2.24. The molecule has 3 N–H and O–H groups in total. The molecule has 1 amide bonds. The second kappa shape index (κ2) is 8.56. The number of fused-ring (bicyclic) bond motifs is 2. The van der Waals surface area contributed by atoms with E-state index in [2.05, 4.69) is 19.2 Å². The Morgan fingerprint density at radius 3 is 2.50 bits per heavy atom. The summed E-state index contributed by atoms with van der Waals surface area (Å²) in [4.78, 5) is 22.3.